The smallest absolute Gasteiger partial charge is 0.263 e. The van der Waals surface area contributed by atoms with E-state index in [1.54, 1.807) is 0 Å². The van der Waals surface area contributed by atoms with Crippen LogP contribution in [0.3, 0.4) is 0 Å². The highest BCUT2D eigenvalue weighted by atomic mass is 35.5. The van der Waals surface area contributed by atoms with Gasteiger partial charge in [-0.25, -0.2) is 17.2 Å². The van der Waals surface area contributed by atoms with Crippen LogP contribution in [0.15, 0.2) is 17.0 Å². The molecule has 0 atom stereocenters. The third-order valence-corrected chi connectivity index (χ3v) is 6.36. The molecule has 0 saturated carbocycles. The largest absolute Gasteiger partial charge is 0.269 e. The van der Waals surface area contributed by atoms with Crippen LogP contribution in [0.4, 0.5) is 14.5 Å². The van der Waals surface area contributed by atoms with Crippen molar-refractivity contribution in [2.45, 2.75) is 24.7 Å². The SMILES string of the molecule is Cc1nn(C)c(Cl)c1S(=O)(=O)N1CCCc2c(F)ccc(F)c21. The number of aryl methyl sites for hydroxylation is 2. The van der Waals surface area contributed by atoms with E-state index in [0.29, 0.717) is 6.42 Å². The number of hydrogen-bond donors (Lipinski definition) is 0. The van der Waals surface area contributed by atoms with Gasteiger partial charge < -0.3 is 0 Å². The van der Waals surface area contributed by atoms with E-state index in [2.05, 4.69) is 5.10 Å². The zero-order valence-corrected chi connectivity index (χ0v) is 14.0. The van der Waals surface area contributed by atoms with Crippen molar-refractivity contribution in [3.05, 3.63) is 40.2 Å². The molecule has 2 aromatic rings. The van der Waals surface area contributed by atoms with E-state index >= 15 is 0 Å². The first-order chi connectivity index (χ1) is 10.7. The first kappa shape index (κ1) is 16.2. The lowest BCUT2D eigenvalue weighted by molar-refractivity contribution is 0.558. The Morgan fingerprint density at radius 3 is 2.52 bits per heavy atom. The van der Waals surface area contributed by atoms with Gasteiger partial charge in [0.25, 0.3) is 10.0 Å². The fourth-order valence-corrected chi connectivity index (χ4v) is 5.11. The lowest BCUT2D eigenvalue weighted by atomic mass is 10.0. The fraction of sp³-hybridized carbons (Fsp3) is 0.357. The molecule has 0 fully saturated rings. The zero-order valence-electron chi connectivity index (χ0n) is 12.5. The van der Waals surface area contributed by atoms with Crippen molar-refractivity contribution in [3.8, 4) is 0 Å². The monoisotopic (exact) mass is 361 g/mol. The van der Waals surface area contributed by atoms with Crippen LogP contribution in [0.25, 0.3) is 0 Å². The van der Waals surface area contributed by atoms with Crippen molar-refractivity contribution in [2.24, 2.45) is 7.05 Å². The molecule has 0 spiro atoms. The number of nitrogens with zero attached hydrogens (tertiary/aromatic N) is 3. The Morgan fingerprint density at radius 2 is 1.91 bits per heavy atom. The van der Waals surface area contributed by atoms with Crippen molar-refractivity contribution in [2.75, 3.05) is 10.8 Å². The van der Waals surface area contributed by atoms with Crippen LogP contribution in [-0.4, -0.2) is 24.7 Å². The Kier molecular flexibility index (Phi) is 3.84. The lowest BCUT2D eigenvalue weighted by Gasteiger charge is -2.30. The highest BCUT2D eigenvalue weighted by molar-refractivity contribution is 7.93. The van der Waals surface area contributed by atoms with Crippen LogP contribution in [0, 0.1) is 18.6 Å². The number of aromatic nitrogens is 2. The van der Waals surface area contributed by atoms with E-state index < -0.39 is 21.7 Å². The Balaban J connectivity index is 2.23. The van der Waals surface area contributed by atoms with Gasteiger partial charge in [-0.05, 0) is 31.9 Å². The van der Waals surface area contributed by atoms with E-state index in [1.807, 2.05) is 0 Å². The molecule has 1 aromatic carbocycles. The van der Waals surface area contributed by atoms with E-state index in [-0.39, 0.29) is 40.0 Å². The second kappa shape index (κ2) is 5.45. The highest BCUT2D eigenvalue weighted by Gasteiger charge is 2.36. The van der Waals surface area contributed by atoms with Crippen LogP contribution in [0.2, 0.25) is 5.15 Å². The van der Waals surface area contributed by atoms with Gasteiger partial charge in [0.15, 0.2) is 0 Å². The summed E-state index contributed by atoms with van der Waals surface area (Å²) in [6, 6.07) is 1.94. The average Bonchev–Trinajstić information content (AvgIpc) is 2.76. The maximum atomic E-state index is 14.2. The predicted molar refractivity (Wildman–Crippen MR) is 82.2 cm³/mol. The summed E-state index contributed by atoms with van der Waals surface area (Å²) in [7, 11) is -2.63. The molecular weight excluding hydrogens is 348 g/mol. The van der Waals surface area contributed by atoms with Gasteiger partial charge in [-0.15, -0.1) is 0 Å². The third-order valence-electron chi connectivity index (χ3n) is 3.86. The molecule has 0 aliphatic carbocycles. The minimum absolute atomic E-state index is 0.0559. The molecule has 23 heavy (non-hydrogen) atoms. The fourth-order valence-electron chi connectivity index (χ4n) is 2.86. The summed E-state index contributed by atoms with van der Waals surface area (Å²) >= 11 is 6.04. The van der Waals surface area contributed by atoms with Crippen LogP contribution < -0.4 is 4.31 Å². The summed E-state index contributed by atoms with van der Waals surface area (Å²) in [5.74, 6) is -1.39. The molecule has 0 N–H and O–H groups in total. The van der Waals surface area contributed by atoms with Crippen LogP contribution in [0.1, 0.15) is 17.7 Å². The topological polar surface area (TPSA) is 55.2 Å². The molecule has 9 heteroatoms. The molecular formula is C14H14ClF2N3O2S. The second-order valence-electron chi connectivity index (χ2n) is 5.37. The van der Waals surface area contributed by atoms with Crippen molar-refractivity contribution < 1.29 is 17.2 Å². The number of anilines is 1. The van der Waals surface area contributed by atoms with Gasteiger partial charge >= 0.3 is 0 Å². The number of benzene rings is 1. The molecule has 0 amide bonds. The number of rotatable bonds is 2. The van der Waals surface area contributed by atoms with Crippen LogP contribution in [-0.2, 0) is 23.5 Å². The molecule has 0 unspecified atom stereocenters. The summed E-state index contributed by atoms with van der Waals surface area (Å²) in [6.45, 7) is 1.56. The predicted octanol–water partition coefficient (Wildman–Crippen LogP) is 2.80. The third kappa shape index (κ3) is 2.40. The van der Waals surface area contributed by atoms with Gasteiger partial charge in [0.05, 0.1) is 11.4 Å². The van der Waals surface area contributed by atoms with Gasteiger partial charge in [0, 0.05) is 19.2 Å². The quantitative estimate of drug-likeness (QED) is 0.826. The molecule has 0 radical (unpaired) electrons. The molecule has 0 bridgehead atoms. The number of fused-ring (bicyclic) bond motifs is 1. The molecule has 1 aliphatic rings. The summed E-state index contributed by atoms with van der Waals surface area (Å²) in [5, 5.41) is 3.92. The van der Waals surface area contributed by atoms with Crippen LogP contribution in [0.5, 0.6) is 0 Å². The lowest BCUT2D eigenvalue weighted by Crippen LogP contribution is -2.37. The number of sulfonamides is 1. The van der Waals surface area contributed by atoms with E-state index in [1.165, 1.54) is 18.7 Å². The van der Waals surface area contributed by atoms with Gasteiger partial charge in [0.1, 0.15) is 21.7 Å². The van der Waals surface area contributed by atoms with Crippen molar-refractivity contribution in [3.63, 3.8) is 0 Å². The van der Waals surface area contributed by atoms with E-state index in [4.69, 9.17) is 11.6 Å². The first-order valence-corrected chi connectivity index (χ1v) is 8.75. The van der Waals surface area contributed by atoms with E-state index in [9.17, 15) is 17.2 Å². The zero-order chi connectivity index (χ0) is 16.9. The van der Waals surface area contributed by atoms with E-state index in [0.717, 1.165) is 16.4 Å². The van der Waals surface area contributed by atoms with Crippen molar-refractivity contribution in [1.82, 2.24) is 9.78 Å². The number of hydrogen-bond acceptors (Lipinski definition) is 3. The highest BCUT2D eigenvalue weighted by Crippen LogP contribution is 2.37. The average molecular weight is 362 g/mol. The molecule has 1 aliphatic heterocycles. The molecule has 2 heterocycles. The van der Waals surface area contributed by atoms with Crippen LogP contribution >= 0.6 is 11.6 Å². The maximum absolute atomic E-state index is 14.2. The molecule has 1 aromatic heterocycles. The molecule has 5 nitrogen and oxygen atoms in total. The van der Waals surface area contributed by atoms with Gasteiger partial charge in [-0.2, -0.15) is 5.10 Å². The standard InChI is InChI=1S/C14H14ClF2N3O2S/c1-8-13(14(15)19(2)18-8)23(21,22)20-7-3-4-9-10(16)5-6-11(17)12(9)20/h5-6H,3-4,7H2,1-2H3. The Morgan fingerprint density at radius 1 is 1.26 bits per heavy atom. The van der Waals surface area contributed by atoms with Crippen molar-refractivity contribution >= 4 is 27.3 Å². The minimum Gasteiger partial charge on any atom is -0.263 e. The summed E-state index contributed by atoms with van der Waals surface area (Å²) in [4.78, 5) is -0.182. The summed E-state index contributed by atoms with van der Waals surface area (Å²) < 4.78 is 56.2. The summed E-state index contributed by atoms with van der Waals surface area (Å²) in [5.41, 5.74) is 0.0366. The molecule has 0 saturated heterocycles. The number of halogens is 3. The maximum Gasteiger partial charge on any atom is 0.269 e. The van der Waals surface area contributed by atoms with Gasteiger partial charge in [0.2, 0.25) is 0 Å². The molecule has 124 valence electrons. The van der Waals surface area contributed by atoms with Gasteiger partial charge in [-0.3, -0.25) is 8.99 Å². The second-order valence-corrected chi connectivity index (χ2v) is 7.52. The van der Waals surface area contributed by atoms with Gasteiger partial charge in [-0.1, -0.05) is 11.6 Å². The Hall–Kier alpha value is -1.67. The Bertz CT molecular complexity index is 896. The Labute approximate surface area is 137 Å². The minimum atomic E-state index is -4.14. The molecule has 3 rings (SSSR count). The summed E-state index contributed by atoms with van der Waals surface area (Å²) in [6.07, 6.45) is 0.675. The first-order valence-electron chi connectivity index (χ1n) is 6.94. The van der Waals surface area contributed by atoms with Crippen molar-refractivity contribution in [1.29, 1.82) is 0 Å². The normalized spacial score (nSPS) is 14.9.